The lowest BCUT2D eigenvalue weighted by Gasteiger charge is -2.31. The van der Waals surface area contributed by atoms with E-state index in [1.54, 1.807) is 36.1 Å². The van der Waals surface area contributed by atoms with Crippen LogP contribution in [0.1, 0.15) is 35.8 Å². The molecule has 9 heteroatoms. The van der Waals surface area contributed by atoms with Crippen molar-refractivity contribution in [2.45, 2.75) is 25.8 Å². The third-order valence-corrected chi connectivity index (χ3v) is 4.53. The third-order valence-electron chi connectivity index (χ3n) is 4.53. The van der Waals surface area contributed by atoms with Gasteiger partial charge in [-0.3, -0.25) is 4.79 Å². The molecule has 9 nitrogen and oxygen atoms in total. The van der Waals surface area contributed by atoms with Crippen LogP contribution in [-0.4, -0.2) is 52.6 Å². The van der Waals surface area contributed by atoms with Gasteiger partial charge in [-0.15, -0.1) is 0 Å². The number of hydrogen-bond donors (Lipinski definition) is 2. The van der Waals surface area contributed by atoms with Gasteiger partial charge in [-0.1, -0.05) is 0 Å². The van der Waals surface area contributed by atoms with E-state index in [1.807, 2.05) is 0 Å². The molecule has 1 saturated heterocycles. The molecule has 2 heterocycles. The standard InChI is InChI=1S/C20H22N6O3/c1-2-29-20(28)26-9-7-16(8-10-26)25-19(27)17-12-23-18(13-22-17)24-15-5-3-14(11-21)4-6-15/h3-6,12-13,16H,2,7-10H2,1H3,(H,23,24)(H,25,27). The molecule has 1 aliphatic heterocycles. The van der Waals surface area contributed by atoms with Crippen LogP contribution in [0.4, 0.5) is 16.3 Å². The number of nitriles is 1. The summed E-state index contributed by atoms with van der Waals surface area (Å²) in [5.74, 6) is 0.200. The van der Waals surface area contributed by atoms with Crippen molar-refractivity contribution in [3.63, 3.8) is 0 Å². The highest BCUT2D eigenvalue weighted by molar-refractivity contribution is 5.92. The van der Waals surface area contributed by atoms with E-state index >= 15 is 0 Å². The Kier molecular flexibility index (Phi) is 6.58. The van der Waals surface area contributed by atoms with E-state index in [0.717, 1.165) is 5.69 Å². The zero-order valence-corrected chi connectivity index (χ0v) is 16.1. The number of nitrogens with zero attached hydrogens (tertiary/aromatic N) is 4. The Morgan fingerprint density at radius 3 is 2.52 bits per heavy atom. The number of hydrogen-bond acceptors (Lipinski definition) is 7. The first kappa shape index (κ1) is 20.1. The number of likely N-dealkylation sites (tertiary alicyclic amines) is 1. The molecular weight excluding hydrogens is 372 g/mol. The van der Waals surface area contributed by atoms with Crippen molar-refractivity contribution in [3.8, 4) is 6.07 Å². The van der Waals surface area contributed by atoms with Gasteiger partial charge in [-0.2, -0.15) is 5.26 Å². The maximum atomic E-state index is 12.4. The predicted molar refractivity (Wildman–Crippen MR) is 106 cm³/mol. The smallest absolute Gasteiger partial charge is 0.409 e. The van der Waals surface area contributed by atoms with Crippen LogP contribution in [0.15, 0.2) is 36.7 Å². The molecule has 150 valence electrons. The fraction of sp³-hybridized carbons (Fsp3) is 0.350. The van der Waals surface area contributed by atoms with Crippen molar-refractivity contribution < 1.29 is 14.3 Å². The average Bonchev–Trinajstić information content (AvgIpc) is 2.75. The molecule has 1 aromatic heterocycles. The molecule has 0 atom stereocenters. The number of rotatable bonds is 5. The summed E-state index contributed by atoms with van der Waals surface area (Å²) in [5.41, 5.74) is 1.56. The Morgan fingerprint density at radius 2 is 1.93 bits per heavy atom. The molecule has 0 aliphatic carbocycles. The maximum Gasteiger partial charge on any atom is 0.409 e. The van der Waals surface area contributed by atoms with Crippen LogP contribution in [-0.2, 0) is 4.74 Å². The minimum atomic E-state index is -0.312. The number of aromatic nitrogens is 2. The van der Waals surface area contributed by atoms with Crippen LogP contribution in [0, 0.1) is 11.3 Å². The van der Waals surface area contributed by atoms with E-state index in [4.69, 9.17) is 10.00 Å². The van der Waals surface area contributed by atoms with Crippen molar-refractivity contribution in [1.82, 2.24) is 20.2 Å². The van der Waals surface area contributed by atoms with Crippen molar-refractivity contribution in [2.24, 2.45) is 0 Å². The molecule has 3 rings (SSSR count). The van der Waals surface area contributed by atoms with Gasteiger partial charge in [-0.05, 0) is 44.0 Å². The summed E-state index contributed by atoms with van der Waals surface area (Å²) in [6.45, 7) is 3.22. The summed E-state index contributed by atoms with van der Waals surface area (Å²) in [4.78, 5) is 34.2. The largest absolute Gasteiger partial charge is 0.450 e. The van der Waals surface area contributed by atoms with Crippen molar-refractivity contribution in [1.29, 1.82) is 5.26 Å². The maximum absolute atomic E-state index is 12.4. The lowest BCUT2D eigenvalue weighted by atomic mass is 10.1. The Bertz CT molecular complexity index is 884. The Morgan fingerprint density at radius 1 is 1.21 bits per heavy atom. The van der Waals surface area contributed by atoms with Crippen LogP contribution in [0.2, 0.25) is 0 Å². The first-order chi connectivity index (χ1) is 14.1. The topological polar surface area (TPSA) is 120 Å². The molecular formula is C20H22N6O3. The quantitative estimate of drug-likeness (QED) is 0.799. The van der Waals surface area contributed by atoms with Crippen LogP contribution in [0.3, 0.4) is 0 Å². The highest BCUT2D eigenvalue weighted by atomic mass is 16.6. The Labute approximate surface area is 168 Å². The second-order valence-corrected chi connectivity index (χ2v) is 6.53. The lowest BCUT2D eigenvalue weighted by Crippen LogP contribution is -2.46. The number of nitrogens with one attached hydrogen (secondary N) is 2. The number of benzene rings is 1. The minimum Gasteiger partial charge on any atom is -0.450 e. The Hall–Kier alpha value is -3.67. The first-order valence-corrected chi connectivity index (χ1v) is 9.41. The number of carbonyl (C=O) groups is 2. The number of ether oxygens (including phenoxy) is 1. The molecule has 29 heavy (non-hydrogen) atoms. The van der Waals surface area contributed by atoms with Gasteiger partial charge >= 0.3 is 6.09 Å². The van der Waals surface area contributed by atoms with Crippen LogP contribution in [0.25, 0.3) is 0 Å². The van der Waals surface area contributed by atoms with Crippen molar-refractivity contribution in [3.05, 3.63) is 47.9 Å². The van der Waals surface area contributed by atoms with Gasteiger partial charge in [0.15, 0.2) is 0 Å². The molecule has 0 spiro atoms. The normalized spacial score (nSPS) is 14.0. The fourth-order valence-corrected chi connectivity index (χ4v) is 2.97. The van der Waals surface area contributed by atoms with Gasteiger partial charge in [0.05, 0.1) is 30.6 Å². The van der Waals surface area contributed by atoms with Crippen LogP contribution >= 0.6 is 0 Å². The summed E-state index contributed by atoms with van der Waals surface area (Å²) in [7, 11) is 0. The molecule has 2 aromatic rings. The lowest BCUT2D eigenvalue weighted by molar-refractivity contribution is 0.0856. The van der Waals surface area contributed by atoms with Crippen LogP contribution in [0.5, 0.6) is 0 Å². The zero-order valence-electron chi connectivity index (χ0n) is 16.1. The van der Waals surface area contributed by atoms with Gasteiger partial charge in [0.2, 0.25) is 0 Å². The van der Waals surface area contributed by atoms with Crippen molar-refractivity contribution >= 4 is 23.5 Å². The summed E-state index contributed by atoms with van der Waals surface area (Å²) in [6, 6.07) is 8.97. The monoisotopic (exact) mass is 394 g/mol. The zero-order chi connectivity index (χ0) is 20.6. The molecule has 0 saturated carbocycles. The predicted octanol–water partition coefficient (Wildman–Crippen LogP) is 2.44. The summed E-state index contributed by atoms with van der Waals surface area (Å²) >= 11 is 0. The molecule has 0 unspecified atom stereocenters. The SMILES string of the molecule is CCOC(=O)N1CCC(NC(=O)c2cnc(Nc3ccc(C#N)cc3)cn2)CC1. The summed E-state index contributed by atoms with van der Waals surface area (Å²) in [5, 5.41) is 14.8. The van der Waals surface area contributed by atoms with Gasteiger partial charge in [0.25, 0.3) is 5.91 Å². The molecule has 0 bridgehead atoms. The summed E-state index contributed by atoms with van der Waals surface area (Å²) < 4.78 is 4.99. The number of amides is 2. The fourth-order valence-electron chi connectivity index (χ4n) is 2.97. The van der Waals surface area contributed by atoms with E-state index in [-0.39, 0.29) is 23.7 Å². The highest BCUT2D eigenvalue weighted by Gasteiger charge is 2.25. The molecule has 1 aliphatic rings. The van der Waals surface area contributed by atoms with Crippen LogP contribution < -0.4 is 10.6 Å². The molecule has 0 radical (unpaired) electrons. The number of piperidine rings is 1. The minimum absolute atomic E-state index is 0.0218. The van der Waals surface area contributed by atoms with Gasteiger partial charge in [0, 0.05) is 24.8 Å². The van der Waals surface area contributed by atoms with E-state index in [0.29, 0.717) is 43.9 Å². The molecule has 2 N–H and O–H groups in total. The van der Waals surface area contributed by atoms with E-state index in [1.165, 1.54) is 12.4 Å². The number of carbonyl (C=O) groups excluding carboxylic acids is 2. The third kappa shape index (κ3) is 5.42. The first-order valence-electron chi connectivity index (χ1n) is 9.41. The van der Waals surface area contributed by atoms with Crippen molar-refractivity contribution in [2.75, 3.05) is 25.0 Å². The van der Waals surface area contributed by atoms with Gasteiger partial charge < -0.3 is 20.3 Å². The molecule has 2 amide bonds. The Balaban J connectivity index is 1.50. The molecule has 1 aromatic carbocycles. The average molecular weight is 394 g/mol. The van der Waals surface area contributed by atoms with E-state index < -0.39 is 0 Å². The highest BCUT2D eigenvalue weighted by Crippen LogP contribution is 2.15. The van der Waals surface area contributed by atoms with Gasteiger partial charge in [-0.25, -0.2) is 14.8 Å². The van der Waals surface area contributed by atoms with E-state index in [9.17, 15) is 9.59 Å². The second-order valence-electron chi connectivity index (χ2n) is 6.53. The van der Waals surface area contributed by atoms with Gasteiger partial charge in [0.1, 0.15) is 11.5 Å². The van der Waals surface area contributed by atoms with E-state index in [2.05, 4.69) is 26.7 Å². The molecule has 1 fully saturated rings. The summed E-state index contributed by atoms with van der Waals surface area (Å²) in [6.07, 6.45) is 3.91. The number of anilines is 2. The second kappa shape index (κ2) is 9.50.